The number of azo groups is 1. The van der Waals surface area contributed by atoms with Crippen LogP contribution in [0, 0.1) is 0 Å². The molecule has 0 atom stereocenters. The number of unbranched alkanes of at least 4 members (excludes halogenated alkanes) is 1. The van der Waals surface area contributed by atoms with Crippen molar-refractivity contribution in [3.05, 3.63) is 60.2 Å². The summed E-state index contributed by atoms with van der Waals surface area (Å²) in [6.45, 7) is 3.13. The van der Waals surface area contributed by atoms with Gasteiger partial charge in [-0.3, -0.25) is 9.59 Å². The highest BCUT2D eigenvalue weighted by Crippen LogP contribution is 2.39. The van der Waals surface area contributed by atoms with E-state index in [1.165, 1.54) is 0 Å². The van der Waals surface area contributed by atoms with E-state index in [2.05, 4.69) is 22.5 Å². The molecule has 0 aliphatic rings. The van der Waals surface area contributed by atoms with Crippen LogP contribution in [-0.2, 0) is 11.3 Å². The lowest BCUT2D eigenvalue weighted by Gasteiger charge is -2.05. The van der Waals surface area contributed by atoms with Crippen molar-refractivity contribution in [2.24, 2.45) is 10.2 Å². The molecule has 0 bridgehead atoms. The molecular weight excluding hydrogens is 380 g/mol. The normalized spacial score (nSPS) is 11.2. The average molecular weight is 406 g/mol. The second-order valence-electron chi connectivity index (χ2n) is 7.01. The predicted octanol–water partition coefficient (Wildman–Crippen LogP) is 4.97. The van der Waals surface area contributed by atoms with E-state index in [4.69, 9.17) is 0 Å². The lowest BCUT2D eigenvalue weighted by Crippen LogP contribution is -2.24. The van der Waals surface area contributed by atoms with Gasteiger partial charge < -0.3 is 15.0 Å². The van der Waals surface area contributed by atoms with Gasteiger partial charge in [0.25, 0.3) is 11.8 Å². The van der Waals surface area contributed by atoms with Crippen LogP contribution in [0.5, 0.6) is 5.88 Å². The third-order valence-corrected chi connectivity index (χ3v) is 4.80. The molecule has 0 saturated carbocycles. The van der Waals surface area contributed by atoms with Crippen LogP contribution in [0.25, 0.3) is 10.9 Å². The summed E-state index contributed by atoms with van der Waals surface area (Å²) in [6.07, 6.45) is 2.55. The lowest BCUT2D eigenvalue weighted by molar-refractivity contribution is -0.118. The molecule has 0 aliphatic heterocycles. The van der Waals surface area contributed by atoms with Crippen molar-refractivity contribution in [1.82, 2.24) is 9.88 Å². The van der Waals surface area contributed by atoms with Crippen LogP contribution >= 0.6 is 0 Å². The standard InChI is InChI=1S/C23H26N4O3/c1-2-3-16-27-19-13-8-7-12-18(19)21(23(27)30)26-25-20(28)14-9-15-24-22(29)17-10-5-4-6-11-17/h4-8,10-13,30H,2-3,9,14-16H2,1H3,(H,24,29). The Labute approximate surface area is 175 Å². The molecule has 0 fully saturated rings. The van der Waals surface area contributed by atoms with Gasteiger partial charge in [0.1, 0.15) is 0 Å². The Morgan fingerprint density at radius 3 is 2.53 bits per heavy atom. The summed E-state index contributed by atoms with van der Waals surface area (Å²) in [7, 11) is 0. The molecule has 30 heavy (non-hydrogen) atoms. The molecule has 1 aromatic heterocycles. The molecule has 7 nitrogen and oxygen atoms in total. The van der Waals surface area contributed by atoms with Crippen LogP contribution in [0.1, 0.15) is 43.0 Å². The minimum absolute atomic E-state index is 0.0244. The van der Waals surface area contributed by atoms with Crippen LogP contribution in [0.4, 0.5) is 5.69 Å². The Morgan fingerprint density at radius 2 is 1.77 bits per heavy atom. The van der Waals surface area contributed by atoms with Crippen molar-refractivity contribution >= 4 is 28.4 Å². The van der Waals surface area contributed by atoms with Gasteiger partial charge in [-0.15, -0.1) is 10.2 Å². The zero-order valence-corrected chi connectivity index (χ0v) is 17.0. The number of para-hydroxylation sites is 1. The van der Waals surface area contributed by atoms with Crippen LogP contribution < -0.4 is 5.32 Å². The monoisotopic (exact) mass is 406 g/mol. The number of carbonyl (C=O) groups is 2. The summed E-state index contributed by atoms with van der Waals surface area (Å²) in [5.74, 6) is -0.542. The number of amides is 2. The Balaban J connectivity index is 1.58. The first-order valence-electron chi connectivity index (χ1n) is 10.2. The lowest BCUT2D eigenvalue weighted by atomic mass is 10.2. The number of nitrogens with one attached hydrogen (secondary N) is 1. The summed E-state index contributed by atoms with van der Waals surface area (Å²) >= 11 is 0. The summed E-state index contributed by atoms with van der Waals surface area (Å²) in [5, 5.41) is 21.9. The number of hydrogen-bond acceptors (Lipinski definition) is 4. The molecule has 2 amide bonds. The van der Waals surface area contributed by atoms with Crippen molar-refractivity contribution in [3.63, 3.8) is 0 Å². The van der Waals surface area contributed by atoms with E-state index in [1.807, 2.05) is 30.3 Å². The maximum absolute atomic E-state index is 12.1. The van der Waals surface area contributed by atoms with Gasteiger partial charge in [-0.1, -0.05) is 49.7 Å². The molecule has 3 aromatic rings. The van der Waals surface area contributed by atoms with Gasteiger partial charge in [-0.2, -0.15) is 0 Å². The number of aromatic nitrogens is 1. The first-order valence-corrected chi connectivity index (χ1v) is 10.2. The minimum atomic E-state index is -0.395. The molecule has 2 aromatic carbocycles. The van der Waals surface area contributed by atoms with Gasteiger partial charge >= 0.3 is 0 Å². The number of aromatic hydroxyl groups is 1. The number of fused-ring (bicyclic) bond motifs is 1. The fourth-order valence-electron chi connectivity index (χ4n) is 3.20. The molecule has 0 radical (unpaired) electrons. The topological polar surface area (TPSA) is 96.0 Å². The van der Waals surface area contributed by atoms with Crippen molar-refractivity contribution in [2.75, 3.05) is 6.54 Å². The third kappa shape index (κ3) is 5.11. The summed E-state index contributed by atoms with van der Waals surface area (Å²) in [5.41, 5.74) is 1.76. The third-order valence-electron chi connectivity index (χ3n) is 4.80. The molecule has 1 heterocycles. The zero-order chi connectivity index (χ0) is 21.3. The SMILES string of the molecule is CCCCn1c(O)c(N=NC(=O)CCCNC(=O)c2ccccc2)c2ccccc21. The summed E-state index contributed by atoms with van der Waals surface area (Å²) in [4.78, 5) is 24.1. The number of rotatable bonds is 9. The van der Waals surface area contributed by atoms with Crippen molar-refractivity contribution in [1.29, 1.82) is 0 Å². The van der Waals surface area contributed by atoms with Crippen molar-refractivity contribution < 1.29 is 14.7 Å². The molecule has 0 aliphatic carbocycles. The Bertz CT molecular complexity index is 1040. The number of hydrogen-bond donors (Lipinski definition) is 2. The zero-order valence-electron chi connectivity index (χ0n) is 17.0. The van der Waals surface area contributed by atoms with E-state index in [1.54, 1.807) is 28.8 Å². The predicted molar refractivity (Wildman–Crippen MR) is 116 cm³/mol. The van der Waals surface area contributed by atoms with Crippen LogP contribution in [0.15, 0.2) is 64.8 Å². The maximum Gasteiger partial charge on any atom is 0.264 e. The fraction of sp³-hybridized carbons (Fsp3) is 0.304. The first-order chi connectivity index (χ1) is 14.6. The van der Waals surface area contributed by atoms with E-state index in [0.717, 1.165) is 23.7 Å². The number of carbonyl (C=O) groups excluding carboxylic acids is 2. The number of aryl methyl sites for hydroxylation is 1. The maximum atomic E-state index is 12.1. The number of nitrogens with zero attached hydrogens (tertiary/aromatic N) is 3. The van der Waals surface area contributed by atoms with Crippen LogP contribution in [0.2, 0.25) is 0 Å². The first kappa shape index (κ1) is 21.2. The Hall–Kier alpha value is -3.48. The summed E-state index contributed by atoms with van der Waals surface area (Å²) in [6, 6.07) is 16.5. The highest BCUT2D eigenvalue weighted by molar-refractivity contribution is 5.95. The highest BCUT2D eigenvalue weighted by atomic mass is 16.3. The van der Waals surface area contributed by atoms with E-state index in [0.29, 0.717) is 30.8 Å². The van der Waals surface area contributed by atoms with Crippen LogP contribution in [0.3, 0.4) is 0 Å². The van der Waals surface area contributed by atoms with Gasteiger partial charge in [0.05, 0.1) is 5.52 Å². The Kier molecular flexibility index (Phi) is 7.32. The van der Waals surface area contributed by atoms with Gasteiger partial charge in [-0.05, 0) is 31.0 Å². The fourth-order valence-corrected chi connectivity index (χ4v) is 3.20. The smallest absolute Gasteiger partial charge is 0.264 e. The summed E-state index contributed by atoms with van der Waals surface area (Å²) < 4.78 is 1.80. The molecule has 3 rings (SSSR count). The largest absolute Gasteiger partial charge is 0.493 e. The number of benzene rings is 2. The second-order valence-corrected chi connectivity index (χ2v) is 7.01. The van der Waals surface area contributed by atoms with Gasteiger partial charge in [-0.25, -0.2) is 0 Å². The molecular formula is C23H26N4O3. The average Bonchev–Trinajstić information content (AvgIpc) is 3.04. The molecule has 0 saturated heterocycles. The van der Waals surface area contributed by atoms with Gasteiger partial charge in [0, 0.05) is 30.5 Å². The molecule has 156 valence electrons. The van der Waals surface area contributed by atoms with E-state index < -0.39 is 5.91 Å². The molecule has 7 heteroatoms. The molecule has 0 unspecified atom stereocenters. The second kappa shape index (κ2) is 10.3. The molecule has 0 spiro atoms. The quantitative estimate of drug-likeness (QED) is 0.388. The van der Waals surface area contributed by atoms with Crippen LogP contribution in [-0.4, -0.2) is 28.0 Å². The van der Waals surface area contributed by atoms with Crippen molar-refractivity contribution in [2.45, 2.75) is 39.2 Å². The van der Waals surface area contributed by atoms with E-state index in [-0.39, 0.29) is 18.2 Å². The highest BCUT2D eigenvalue weighted by Gasteiger charge is 2.16. The minimum Gasteiger partial charge on any atom is -0.493 e. The van der Waals surface area contributed by atoms with E-state index in [9.17, 15) is 14.7 Å². The molecule has 2 N–H and O–H groups in total. The van der Waals surface area contributed by atoms with Gasteiger partial charge in [0.15, 0.2) is 5.69 Å². The van der Waals surface area contributed by atoms with E-state index >= 15 is 0 Å². The van der Waals surface area contributed by atoms with Crippen molar-refractivity contribution in [3.8, 4) is 5.88 Å². The Morgan fingerprint density at radius 1 is 1.03 bits per heavy atom. The van der Waals surface area contributed by atoms with Gasteiger partial charge in [0.2, 0.25) is 5.88 Å².